The summed E-state index contributed by atoms with van der Waals surface area (Å²) in [6.45, 7) is 6.12. The van der Waals surface area contributed by atoms with Crippen LogP contribution in [0.4, 0.5) is 0 Å². The SMILES string of the molecule is CC(C)[C@@H](N)C(=O)N(C)C1CCN(C)CC1. The van der Waals surface area contributed by atoms with Crippen LogP contribution in [0.3, 0.4) is 0 Å². The van der Waals surface area contributed by atoms with Gasteiger partial charge in [0.1, 0.15) is 0 Å². The summed E-state index contributed by atoms with van der Waals surface area (Å²) in [5.74, 6) is 0.297. The quantitative estimate of drug-likeness (QED) is 0.765. The zero-order valence-corrected chi connectivity index (χ0v) is 10.9. The van der Waals surface area contributed by atoms with Crippen LogP contribution in [0.1, 0.15) is 26.7 Å². The Morgan fingerprint density at radius 1 is 1.38 bits per heavy atom. The molecular formula is C12H25N3O. The fourth-order valence-corrected chi connectivity index (χ4v) is 2.08. The first-order valence-corrected chi connectivity index (χ1v) is 6.14. The van der Waals surface area contributed by atoms with Crippen molar-refractivity contribution >= 4 is 5.91 Å². The van der Waals surface area contributed by atoms with Crippen LogP contribution in [0, 0.1) is 5.92 Å². The molecule has 1 aliphatic rings. The fourth-order valence-electron chi connectivity index (χ4n) is 2.08. The lowest BCUT2D eigenvalue weighted by molar-refractivity contribution is -0.135. The average Bonchev–Trinajstić information content (AvgIpc) is 2.27. The van der Waals surface area contributed by atoms with Crippen LogP contribution >= 0.6 is 0 Å². The summed E-state index contributed by atoms with van der Waals surface area (Å²) in [7, 11) is 4.01. The highest BCUT2D eigenvalue weighted by atomic mass is 16.2. The second-order valence-corrected chi connectivity index (χ2v) is 5.25. The Labute approximate surface area is 98.8 Å². The zero-order chi connectivity index (χ0) is 12.3. The monoisotopic (exact) mass is 227 g/mol. The number of nitrogens with zero attached hydrogens (tertiary/aromatic N) is 2. The standard InChI is InChI=1S/C12H25N3O/c1-9(2)11(13)12(16)15(4)10-5-7-14(3)8-6-10/h9-11H,5-8,13H2,1-4H3/t11-/m1/s1. The second-order valence-electron chi connectivity index (χ2n) is 5.25. The lowest BCUT2D eigenvalue weighted by Gasteiger charge is -2.36. The molecule has 1 aliphatic heterocycles. The van der Waals surface area contributed by atoms with E-state index in [2.05, 4.69) is 11.9 Å². The van der Waals surface area contributed by atoms with E-state index in [0.717, 1.165) is 25.9 Å². The minimum Gasteiger partial charge on any atom is -0.341 e. The number of carbonyl (C=O) groups excluding carboxylic acids is 1. The second kappa shape index (κ2) is 5.64. The first-order chi connectivity index (χ1) is 7.43. The first-order valence-electron chi connectivity index (χ1n) is 6.14. The van der Waals surface area contributed by atoms with Crippen LogP contribution in [-0.2, 0) is 4.79 Å². The lowest BCUT2D eigenvalue weighted by Crippen LogP contribution is -2.51. The molecular weight excluding hydrogens is 202 g/mol. The Bertz CT molecular complexity index is 234. The molecule has 0 radical (unpaired) electrons. The normalized spacial score (nSPS) is 21.1. The fraction of sp³-hybridized carbons (Fsp3) is 0.917. The van der Waals surface area contributed by atoms with E-state index in [4.69, 9.17) is 5.73 Å². The predicted molar refractivity (Wildman–Crippen MR) is 66.1 cm³/mol. The maximum absolute atomic E-state index is 12.1. The summed E-state index contributed by atoms with van der Waals surface area (Å²) in [4.78, 5) is 16.2. The van der Waals surface area contributed by atoms with Crippen molar-refractivity contribution < 1.29 is 4.79 Å². The van der Waals surface area contributed by atoms with Crippen LogP contribution in [0.5, 0.6) is 0 Å². The smallest absolute Gasteiger partial charge is 0.239 e. The highest BCUT2D eigenvalue weighted by molar-refractivity contribution is 5.81. The molecule has 1 fully saturated rings. The molecule has 1 amide bonds. The molecule has 1 saturated heterocycles. The first kappa shape index (κ1) is 13.5. The van der Waals surface area contributed by atoms with Gasteiger partial charge in [-0.05, 0) is 38.9 Å². The molecule has 0 aromatic rings. The number of likely N-dealkylation sites (tertiary alicyclic amines) is 1. The van der Waals surface area contributed by atoms with Crippen molar-refractivity contribution in [3.8, 4) is 0 Å². The molecule has 0 spiro atoms. The number of hydrogen-bond acceptors (Lipinski definition) is 3. The summed E-state index contributed by atoms with van der Waals surface area (Å²) in [5.41, 5.74) is 5.89. The molecule has 16 heavy (non-hydrogen) atoms. The topological polar surface area (TPSA) is 49.6 Å². The predicted octanol–water partition coefficient (Wildman–Crippen LogP) is 0.522. The van der Waals surface area contributed by atoms with Gasteiger partial charge in [0, 0.05) is 13.1 Å². The van der Waals surface area contributed by atoms with Crippen LogP contribution in [-0.4, -0.2) is 55.0 Å². The number of nitrogens with two attached hydrogens (primary N) is 1. The van der Waals surface area contributed by atoms with Gasteiger partial charge in [-0.3, -0.25) is 4.79 Å². The average molecular weight is 227 g/mol. The number of likely N-dealkylation sites (N-methyl/N-ethyl adjacent to an activating group) is 1. The third-order valence-electron chi connectivity index (χ3n) is 3.59. The van der Waals surface area contributed by atoms with Crippen LogP contribution in [0.2, 0.25) is 0 Å². The highest BCUT2D eigenvalue weighted by Crippen LogP contribution is 2.15. The molecule has 0 saturated carbocycles. The van der Waals surface area contributed by atoms with Crippen molar-refractivity contribution in [2.45, 2.75) is 38.8 Å². The minimum absolute atomic E-state index is 0.0875. The number of amides is 1. The van der Waals surface area contributed by atoms with E-state index in [1.807, 2.05) is 25.8 Å². The Kier molecular flexibility index (Phi) is 4.74. The molecule has 1 atom stereocenters. The van der Waals surface area contributed by atoms with Crippen molar-refractivity contribution in [3.63, 3.8) is 0 Å². The van der Waals surface area contributed by atoms with E-state index in [1.54, 1.807) is 0 Å². The van der Waals surface area contributed by atoms with Crippen molar-refractivity contribution in [1.82, 2.24) is 9.80 Å². The van der Waals surface area contributed by atoms with Gasteiger partial charge in [0.15, 0.2) is 0 Å². The van der Waals surface area contributed by atoms with Gasteiger partial charge in [-0.25, -0.2) is 0 Å². The van der Waals surface area contributed by atoms with Gasteiger partial charge in [-0.1, -0.05) is 13.8 Å². The third-order valence-corrected chi connectivity index (χ3v) is 3.59. The lowest BCUT2D eigenvalue weighted by atomic mass is 10.00. The summed E-state index contributed by atoms with van der Waals surface area (Å²) >= 11 is 0. The van der Waals surface area contributed by atoms with E-state index in [1.165, 1.54) is 0 Å². The number of carbonyl (C=O) groups is 1. The molecule has 1 rings (SSSR count). The third kappa shape index (κ3) is 3.19. The molecule has 4 heteroatoms. The summed E-state index contributed by atoms with van der Waals surface area (Å²) < 4.78 is 0. The molecule has 0 unspecified atom stereocenters. The zero-order valence-electron chi connectivity index (χ0n) is 10.9. The molecule has 0 aliphatic carbocycles. The molecule has 94 valence electrons. The Morgan fingerprint density at radius 3 is 2.31 bits per heavy atom. The van der Waals surface area contributed by atoms with Gasteiger partial charge >= 0.3 is 0 Å². The number of hydrogen-bond donors (Lipinski definition) is 1. The van der Waals surface area contributed by atoms with E-state index < -0.39 is 0 Å². The molecule has 0 bridgehead atoms. The van der Waals surface area contributed by atoms with Gasteiger partial charge in [0.2, 0.25) is 5.91 Å². The van der Waals surface area contributed by atoms with Gasteiger partial charge in [-0.15, -0.1) is 0 Å². The van der Waals surface area contributed by atoms with E-state index in [9.17, 15) is 4.79 Å². The Hall–Kier alpha value is -0.610. The van der Waals surface area contributed by atoms with E-state index >= 15 is 0 Å². The van der Waals surface area contributed by atoms with E-state index in [-0.39, 0.29) is 17.9 Å². The summed E-state index contributed by atoms with van der Waals surface area (Å²) in [6.07, 6.45) is 2.12. The Balaban J connectivity index is 2.50. The maximum atomic E-state index is 12.1. The molecule has 2 N–H and O–H groups in total. The van der Waals surface area contributed by atoms with Crippen molar-refractivity contribution in [1.29, 1.82) is 0 Å². The molecule has 4 nitrogen and oxygen atoms in total. The van der Waals surface area contributed by atoms with Crippen molar-refractivity contribution in [3.05, 3.63) is 0 Å². The largest absolute Gasteiger partial charge is 0.341 e. The van der Waals surface area contributed by atoms with Gasteiger partial charge in [-0.2, -0.15) is 0 Å². The maximum Gasteiger partial charge on any atom is 0.239 e. The molecule has 0 aromatic carbocycles. The number of rotatable bonds is 3. The van der Waals surface area contributed by atoms with Crippen molar-refractivity contribution in [2.24, 2.45) is 11.7 Å². The Morgan fingerprint density at radius 2 is 1.88 bits per heavy atom. The highest BCUT2D eigenvalue weighted by Gasteiger charge is 2.28. The van der Waals surface area contributed by atoms with Gasteiger partial charge in [0.25, 0.3) is 0 Å². The van der Waals surface area contributed by atoms with Crippen LogP contribution < -0.4 is 5.73 Å². The number of piperidine rings is 1. The van der Waals surface area contributed by atoms with Gasteiger partial charge < -0.3 is 15.5 Å². The van der Waals surface area contributed by atoms with E-state index in [0.29, 0.717) is 6.04 Å². The van der Waals surface area contributed by atoms with Crippen LogP contribution in [0.25, 0.3) is 0 Å². The summed E-state index contributed by atoms with van der Waals surface area (Å²) in [5, 5.41) is 0. The van der Waals surface area contributed by atoms with Gasteiger partial charge in [0.05, 0.1) is 6.04 Å². The van der Waals surface area contributed by atoms with Crippen molar-refractivity contribution in [2.75, 3.05) is 27.2 Å². The molecule has 1 heterocycles. The molecule has 0 aromatic heterocycles. The van der Waals surface area contributed by atoms with Crippen LogP contribution in [0.15, 0.2) is 0 Å². The minimum atomic E-state index is -0.357. The summed E-state index contributed by atoms with van der Waals surface area (Å²) in [6, 6.07) is 0.0122.